The van der Waals surface area contributed by atoms with Crippen LogP contribution in [0.3, 0.4) is 0 Å². The van der Waals surface area contributed by atoms with Gasteiger partial charge in [0, 0.05) is 24.4 Å². The second kappa shape index (κ2) is 6.51. The van der Waals surface area contributed by atoms with E-state index in [2.05, 4.69) is 17.4 Å². The maximum absolute atomic E-state index is 12.4. The summed E-state index contributed by atoms with van der Waals surface area (Å²) in [4.78, 5) is 23.6. The van der Waals surface area contributed by atoms with Crippen LogP contribution in [0.2, 0.25) is 0 Å². The van der Waals surface area contributed by atoms with E-state index in [4.69, 9.17) is 9.52 Å². The molecule has 0 unspecified atom stereocenters. The van der Waals surface area contributed by atoms with Crippen molar-refractivity contribution in [2.45, 2.75) is 38.0 Å². The average Bonchev–Trinajstić information content (AvgIpc) is 2.99. The predicted octanol–water partition coefficient (Wildman–Crippen LogP) is 3.39. The van der Waals surface area contributed by atoms with Crippen LogP contribution in [0.5, 0.6) is 0 Å². The van der Waals surface area contributed by atoms with Crippen LogP contribution in [0.15, 0.2) is 40.8 Å². The summed E-state index contributed by atoms with van der Waals surface area (Å²) in [5.74, 6) is -1.05. The molecule has 0 aliphatic heterocycles. The number of amides is 1. The smallest absolute Gasteiger partial charge is 0.339 e. The summed E-state index contributed by atoms with van der Waals surface area (Å²) in [5, 5.41) is 12.1. The largest absolute Gasteiger partial charge is 0.478 e. The quantitative estimate of drug-likeness (QED) is 0.852. The summed E-state index contributed by atoms with van der Waals surface area (Å²) >= 11 is 0. The molecule has 1 aromatic carbocycles. The number of aromatic carboxylic acids is 1. The van der Waals surface area contributed by atoms with Crippen molar-refractivity contribution < 1.29 is 19.1 Å². The molecule has 2 N–H and O–H groups in total. The number of aryl methyl sites for hydroxylation is 1. The molecular formula is C19H21NO4. The minimum absolute atomic E-state index is 0.0211. The lowest BCUT2D eigenvalue weighted by molar-refractivity contribution is 0.0694. The van der Waals surface area contributed by atoms with Crippen molar-refractivity contribution in [2.24, 2.45) is 0 Å². The lowest BCUT2D eigenvalue weighted by atomic mass is 9.64. The van der Waals surface area contributed by atoms with Crippen molar-refractivity contribution in [3.05, 3.63) is 59.0 Å². The van der Waals surface area contributed by atoms with E-state index in [0.717, 1.165) is 19.3 Å². The third-order valence-corrected chi connectivity index (χ3v) is 4.87. The first-order valence-corrected chi connectivity index (χ1v) is 8.25. The Kier molecular flexibility index (Phi) is 4.42. The Labute approximate surface area is 140 Å². The Morgan fingerprint density at radius 3 is 2.46 bits per heavy atom. The molecule has 1 aliphatic carbocycles. The number of carbonyl (C=O) groups excluding carboxylic acids is 1. The summed E-state index contributed by atoms with van der Waals surface area (Å²) < 4.78 is 5.42. The van der Waals surface area contributed by atoms with Crippen molar-refractivity contribution in [2.75, 3.05) is 6.54 Å². The zero-order valence-corrected chi connectivity index (χ0v) is 13.7. The highest BCUT2D eigenvalue weighted by molar-refractivity contribution is 5.96. The van der Waals surface area contributed by atoms with Crippen molar-refractivity contribution in [3.8, 4) is 0 Å². The number of hydrogen-bond acceptors (Lipinski definition) is 3. The molecule has 1 fully saturated rings. The molecule has 1 amide bonds. The molecule has 1 heterocycles. The zero-order valence-electron chi connectivity index (χ0n) is 13.7. The predicted molar refractivity (Wildman–Crippen MR) is 89.3 cm³/mol. The molecule has 0 bridgehead atoms. The second-order valence-electron chi connectivity index (χ2n) is 6.29. The van der Waals surface area contributed by atoms with Crippen LogP contribution >= 0.6 is 0 Å². The van der Waals surface area contributed by atoms with Crippen molar-refractivity contribution >= 4 is 11.9 Å². The van der Waals surface area contributed by atoms with E-state index in [1.807, 2.05) is 18.2 Å². The molecule has 1 aliphatic rings. The monoisotopic (exact) mass is 327 g/mol. The molecule has 2 aromatic rings. The molecule has 0 spiro atoms. The lowest BCUT2D eigenvalue weighted by Crippen LogP contribution is -2.45. The maximum Gasteiger partial charge on any atom is 0.339 e. The lowest BCUT2D eigenvalue weighted by Gasteiger charge is -2.42. The van der Waals surface area contributed by atoms with Crippen LogP contribution < -0.4 is 5.32 Å². The van der Waals surface area contributed by atoms with Crippen LogP contribution in [0.4, 0.5) is 0 Å². The summed E-state index contributed by atoms with van der Waals surface area (Å²) in [6.07, 6.45) is 3.66. The van der Waals surface area contributed by atoms with E-state index in [-0.39, 0.29) is 22.6 Å². The van der Waals surface area contributed by atoms with Gasteiger partial charge in [-0.15, -0.1) is 0 Å². The average molecular weight is 327 g/mol. The van der Waals surface area contributed by atoms with Crippen molar-refractivity contribution in [3.63, 3.8) is 0 Å². The summed E-state index contributed by atoms with van der Waals surface area (Å²) in [7, 11) is 0. The molecule has 0 radical (unpaired) electrons. The van der Waals surface area contributed by atoms with Crippen LogP contribution in [0.25, 0.3) is 0 Å². The highest BCUT2D eigenvalue weighted by Gasteiger charge is 2.39. The summed E-state index contributed by atoms with van der Waals surface area (Å²) in [5.41, 5.74) is 1.27. The Hall–Kier alpha value is -2.56. The Balaban J connectivity index is 1.72. The van der Waals surface area contributed by atoms with Gasteiger partial charge in [0.2, 0.25) is 0 Å². The summed E-state index contributed by atoms with van der Waals surface area (Å²) in [6.45, 7) is 2.33. The van der Waals surface area contributed by atoms with Crippen molar-refractivity contribution in [1.82, 2.24) is 5.32 Å². The maximum atomic E-state index is 12.4. The number of furan rings is 1. The Bertz CT molecular complexity index is 744. The SMILES string of the molecule is CCc1oc(C(=O)NCC2(c3ccccc3)CCC2)cc1C(=O)O. The van der Waals surface area contributed by atoms with Gasteiger partial charge in [0.1, 0.15) is 11.3 Å². The highest BCUT2D eigenvalue weighted by atomic mass is 16.4. The fraction of sp³-hybridized carbons (Fsp3) is 0.368. The van der Waals surface area contributed by atoms with Gasteiger partial charge in [-0.3, -0.25) is 4.79 Å². The van der Waals surface area contributed by atoms with Crippen LogP contribution in [-0.4, -0.2) is 23.5 Å². The number of carbonyl (C=O) groups is 2. The van der Waals surface area contributed by atoms with Gasteiger partial charge in [-0.25, -0.2) is 4.79 Å². The zero-order chi connectivity index (χ0) is 17.2. The van der Waals surface area contributed by atoms with E-state index in [1.165, 1.54) is 11.6 Å². The van der Waals surface area contributed by atoms with E-state index in [1.54, 1.807) is 6.92 Å². The van der Waals surface area contributed by atoms with E-state index in [0.29, 0.717) is 18.7 Å². The van der Waals surface area contributed by atoms with Crippen molar-refractivity contribution in [1.29, 1.82) is 0 Å². The van der Waals surface area contributed by atoms with Gasteiger partial charge in [0.05, 0.1) is 0 Å². The second-order valence-corrected chi connectivity index (χ2v) is 6.29. The van der Waals surface area contributed by atoms with Gasteiger partial charge in [-0.1, -0.05) is 43.7 Å². The number of nitrogens with one attached hydrogen (secondary N) is 1. The molecule has 0 atom stereocenters. The summed E-state index contributed by atoms with van der Waals surface area (Å²) in [6, 6.07) is 11.5. The van der Waals surface area contributed by atoms with Crippen LogP contribution in [-0.2, 0) is 11.8 Å². The Morgan fingerprint density at radius 1 is 1.25 bits per heavy atom. The molecule has 1 aromatic heterocycles. The first-order valence-electron chi connectivity index (χ1n) is 8.25. The van der Waals surface area contributed by atoms with E-state index < -0.39 is 5.97 Å². The molecule has 0 saturated heterocycles. The van der Waals surface area contributed by atoms with Gasteiger partial charge in [0.25, 0.3) is 5.91 Å². The standard InChI is InChI=1S/C19H21NO4/c1-2-15-14(18(22)23)11-16(24-15)17(21)20-12-19(9-6-10-19)13-7-4-3-5-8-13/h3-5,7-8,11H,2,6,9-10,12H2,1H3,(H,20,21)(H,22,23). The fourth-order valence-corrected chi connectivity index (χ4v) is 3.28. The number of hydrogen-bond donors (Lipinski definition) is 2. The highest BCUT2D eigenvalue weighted by Crippen LogP contribution is 2.43. The molecule has 1 saturated carbocycles. The molecule has 24 heavy (non-hydrogen) atoms. The van der Waals surface area contributed by atoms with Gasteiger partial charge < -0.3 is 14.8 Å². The fourth-order valence-electron chi connectivity index (χ4n) is 3.28. The third-order valence-electron chi connectivity index (χ3n) is 4.87. The van der Waals surface area contributed by atoms with Gasteiger partial charge in [-0.2, -0.15) is 0 Å². The van der Waals surface area contributed by atoms with Gasteiger partial charge >= 0.3 is 5.97 Å². The minimum atomic E-state index is -1.07. The number of carboxylic acid groups (broad SMARTS) is 1. The molecule has 126 valence electrons. The molecule has 3 rings (SSSR count). The molecule has 5 heteroatoms. The minimum Gasteiger partial charge on any atom is -0.478 e. The Morgan fingerprint density at radius 2 is 1.96 bits per heavy atom. The first kappa shape index (κ1) is 16.3. The normalized spacial score (nSPS) is 15.5. The van der Waals surface area contributed by atoms with Crippen LogP contribution in [0, 0.1) is 0 Å². The van der Waals surface area contributed by atoms with Gasteiger partial charge in [-0.05, 0) is 18.4 Å². The third kappa shape index (κ3) is 2.94. The number of carboxylic acids is 1. The molecule has 5 nitrogen and oxygen atoms in total. The first-order chi connectivity index (χ1) is 11.6. The van der Waals surface area contributed by atoms with E-state index >= 15 is 0 Å². The number of rotatable bonds is 6. The van der Waals surface area contributed by atoms with Crippen LogP contribution in [0.1, 0.15) is 58.4 Å². The van der Waals surface area contributed by atoms with Gasteiger partial charge in [0.15, 0.2) is 5.76 Å². The number of benzene rings is 1. The molecular weight excluding hydrogens is 306 g/mol. The van der Waals surface area contributed by atoms with E-state index in [9.17, 15) is 9.59 Å². The topological polar surface area (TPSA) is 79.5 Å².